The Hall–Kier alpha value is -1.65. The van der Waals surface area contributed by atoms with Crippen LogP contribution in [0.25, 0.3) is 0 Å². The van der Waals surface area contributed by atoms with Crippen molar-refractivity contribution in [1.82, 2.24) is 5.32 Å². The van der Waals surface area contributed by atoms with E-state index in [0.717, 1.165) is 25.7 Å². The van der Waals surface area contributed by atoms with Crippen molar-refractivity contribution in [2.45, 2.75) is 51.7 Å². The zero-order valence-electron chi connectivity index (χ0n) is 13.6. The van der Waals surface area contributed by atoms with E-state index in [1.54, 1.807) is 19.1 Å². The second kappa shape index (κ2) is 14.3. The summed E-state index contributed by atoms with van der Waals surface area (Å²) in [5.74, 6) is -0.929. The molecule has 0 aliphatic carbocycles. The SMILES string of the molecule is CCC=CCC=CCCC=CC=CC(O)C(C)NCC(=O)O. The number of aliphatic hydroxyl groups excluding tert-OH is 1. The zero-order valence-corrected chi connectivity index (χ0v) is 13.6. The van der Waals surface area contributed by atoms with Gasteiger partial charge in [-0.3, -0.25) is 4.79 Å². The van der Waals surface area contributed by atoms with Crippen LogP contribution in [-0.2, 0) is 4.79 Å². The molecular weight excluding hydrogens is 278 g/mol. The molecule has 0 spiro atoms. The molecule has 0 saturated carbocycles. The van der Waals surface area contributed by atoms with E-state index in [2.05, 4.69) is 36.5 Å². The largest absolute Gasteiger partial charge is 0.480 e. The van der Waals surface area contributed by atoms with Crippen LogP contribution in [0.4, 0.5) is 0 Å². The molecule has 0 amide bonds. The van der Waals surface area contributed by atoms with Crippen molar-refractivity contribution < 1.29 is 15.0 Å². The molecule has 124 valence electrons. The summed E-state index contributed by atoms with van der Waals surface area (Å²) in [6, 6.07) is -0.292. The zero-order chi connectivity index (χ0) is 16.6. The Balaban J connectivity index is 3.78. The van der Waals surface area contributed by atoms with E-state index >= 15 is 0 Å². The summed E-state index contributed by atoms with van der Waals surface area (Å²) >= 11 is 0. The van der Waals surface area contributed by atoms with Gasteiger partial charge in [0.25, 0.3) is 0 Å². The summed E-state index contributed by atoms with van der Waals surface area (Å²) in [5.41, 5.74) is 0. The molecule has 0 aromatic rings. The molecule has 0 saturated heterocycles. The Morgan fingerprint density at radius 2 is 1.77 bits per heavy atom. The molecule has 2 unspecified atom stereocenters. The number of rotatable bonds is 12. The standard InChI is InChI=1S/C18H29NO3/c1-3-4-5-6-7-8-9-10-11-12-13-14-17(20)16(2)19-15-18(21)22/h4-5,7-8,11-14,16-17,19-20H,3,6,9-10,15H2,1-2H3,(H,21,22). The maximum atomic E-state index is 10.4. The van der Waals surface area contributed by atoms with Crippen LogP contribution in [-0.4, -0.2) is 34.9 Å². The van der Waals surface area contributed by atoms with Gasteiger partial charge in [0, 0.05) is 6.04 Å². The Kier molecular flexibility index (Phi) is 13.2. The van der Waals surface area contributed by atoms with Gasteiger partial charge in [-0.25, -0.2) is 0 Å². The second-order valence-corrected chi connectivity index (χ2v) is 5.03. The van der Waals surface area contributed by atoms with E-state index in [-0.39, 0.29) is 12.6 Å². The van der Waals surface area contributed by atoms with Crippen LogP contribution in [0.15, 0.2) is 48.6 Å². The molecular formula is C18H29NO3. The molecule has 0 fully saturated rings. The normalized spacial score (nSPS) is 15.4. The van der Waals surface area contributed by atoms with Crippen LogP contribution >= 0.6 is 0 Å². The van der Waals surface area contributed by atoms with Gasteiger partial charge >= 0.3 is 5.97 Å². The minimum atomic E-state index is -0.929. The molecule has 0 aromatic heterocycles. The number of aliphatic carboxylic acids is 1. The van der Waals surface area contributed by atoms with Gasteiger partial charge in [0.2, 0.25) is 0 Å². The van der Waals surface area contributed by atoms with Crippen molar-refractivity contribution in [3.63, 3.8) is 0 Å². The maximum Gasteiger partial charge on any atom is 0.317 e. The summed E-state index contributed by atoms with van der Waals surface area (Å²) in [4.78, 5) is 10.4. The summed E-state index contributed by atoms with van der Waals surface area (Å²) in [7, 11) is 0. The second-order valence-electron chi connectivity index (χ2n) is 5.03. The summed E-state index contributed by atoms with van der Waals surface area (Å²) in [6.07, 6.45) is 19.4. The lowest BCUT2D eigenvalue weighted by atomic mass is 10.1. The van der Waals surface area contributed by atoms with Crippen LogP contribution in [0.1, 0.15) is 39.5 Å². The van der Waals surface area contributed by atoms with E-state index < -0.39 is 12.1 Å². The third-order valence-electron chi connectivity index (χ3n) is 2.98. The third-order valence-corrected chi connectivity index (χ3v) is 2.98. The van der Waals surface area contributed by atoms with Crippen LogP contribution in [0.3, 0.4) is 0 Å². The van der Waals surface area contributed by atoms with Gasteiger partial charge < -0.3 is 15.5 Å². The number of carboxylic acids is 1. The van der Waals surface area contributed by atoms with Crippen molar-refractivity contribution in [3.05, 3.63) is 48.6 Å². The van der Waals surface area contributed by atoms with E-state index in [0.29, 0.717) is 0 Å². The first kappa shape index (κ1) is 20.3. The van der Waals surface area contributed by atoms with Gasteiger partial charge in [-0.15, -0.1) is 0 Å². The minimum Gasteiger partial charge on any atom is -0.480 e. The highest BCUT2D eigenvalue weighted by Gasteiger charge is 2.10. The van der Waals surface area contributed by atoms with Crippen molar-refractivity contribution in [2.75, 3.05) is 6.54 Å². The average Bonchev–Trinajstić information content (AvgIpc) is 2.49. The lowest BCUT2D eigenvalue weighted by molar-refractivity contribution is -0.136. The number of allylic oxidation sites excluding steroid dienone is 7. The van der Waals surface area contributed by atoms with Gasteiger partial charge in [-0.1, -0.05) is 55.5 Å². The van der Waals surface area contributed by atoms with Crippen LogP contribution in [0.5, 0.6) is 0 Å². The van der Waals surface area contributed by atoms with E-state index in [1.807, 2.05) is 12.2 Å². The minimum absolute atomic E-state index is 0.151. The van der Waals surface area contributed by atoms with Crippen molar-refractivity contribution in [2.24, 2.45) is 0 Å². The molecule has 0 aromatic carbocycles. The Labute approximate surface area is 133 Å². The molecule has 0 heterocycles. The summed E-state index contributed by atoms with van der Waals surface area (Å²) in [6.45, 7) is 3.72. The van der Waals surface area contributed by atoms with Gasteiger partial charge in [0.1, 0.15) is 0 Å². The maximum absolute atomic E-state index is 10.4. The number of aliphatic hydroxyl groups is 1. The fourth-order valence-electron chi connectivity index (χ4n) is 1.64. The molecule has 2 atom stereocenters. The highest BCUT2D eigenvalue weighted by Crippen LogP contribution is 1.98. The number of nitrogens with one attached hydrogen (secondary N) is 1. The average molecular weight is 307 g/mol. The molecule has 4 nitrogen and oxygen atoms in total. The molecule has 0 aliphatic rings. The van der Waals surface area contributed by atoms with Gasteiger partial charge in [0.05, 0.1) is 12.6 Å². The molecule has 0 bridgehead atoms. The number of hydrogen-bond acceptors (Lipinski definition) is 3. The molecule has 3 N–H and O–H groups in total. The van der Waals surface area contributed by atoms with Gasteiger partial charge in [-0.05, 0) is 32.6 Å². The Morgan fingerprint density at radius 1 is 1.09 bits per heavy atom. The van der Waals surface area contributed by atoms with Crippen molar-refractivity contribution >= 4 is 5.97 Å². The first-order chi connectivity index (χ1) is 10.6. The predicted octanol–water partition coefficient (Wildman–Crippen LogP) is 3.22. The first-order valence-electron chi connectivity index (χ1n) is 7.84. The molecule has 4 heteroatoms. The van der Waals surface area contributed by atoms with Gasteiger partial charge in [-0.2, -0.15) is 0 Å². The van der Waals surface area contributed by atoms with Crippen LogP contribution in [0.2, 0.25) is 0 Å². The summed E-state index contributed by atoms with van der Waals surface area (Å²) in [5, 5.41) is 21.1. The lowest BCUT2D eigenvalue weighted by Gasteiger charge is -2.15. The van der Waals surface area contributed by atoms with Crippen molar-refractivity contribution in [3.8, 4) is 0 Å². The van der Waals surface area contributed by atoms with E-state index in [1.165, 1.54) is 0 Å². The Morgan fingerprint density at radius 3 is 2.45 bits per heavy atom. The monoisotopic (exact) mass is 307 g/mol. The third kappa shape index (κ3) is 13.3. The van der Waals surface area contributed by atoms with Gasteiger partial charge in [0.15, 0.2) is 0 Å². The van der Waals surface area contributed by atoms with E-state index in [4.69, 9.17) is 5.11 Å². The number of carbonyl (C=O) groups is 1. The first-order valence-corrected chi connectivity index (χ1v) is 7.84. The summed E-state index contributed by atoms with van der Waals surface area (Å²) < 4.78 is 0. The molecule has 22 heavy (non-hydrogen) atoms. The van der Waals surface area contributed by atoms with Crippen molar-refractivity contribution in [1.29, 1.82) is 0 Å². The highest BCUT2D eigenvalue weighted by molar-refractivity contribution is 5.69. The fraction of sp³-hybridized carbons (Fsp3) is 0.500. The quantitative estimate of drug-likeness (QED) is 0.294. The van der Waals surface area contributed by atoms with Crippen LogP contribution < -0.4 is 5.32 Å². The Bertz CT molecular complexity index is 397. The molecule has 0 rings (SSSR count). The van der Waals surface area contributed by atoms with E-state index in [9.17, 15) is 9.90 Å². The predicted molar refractivity (Wildman–Crippen MR) is 91.8 cm³/mol. The lowest BCUT2D eigenvalue weighted by Crippen LogP contribution is -2.39. The fourth-order valence-corrected chi connectivity index (χ4v) is 1.64. The molecule has 0 aliphatic heterocycles. The smallest absolute Gasteiger partial charge is 0.317 e. The number of carboxylic acid groups (broad SMARTS) is 1. The molecule has 0 radical (unpaired) electrons. The van der Waals surface area contributed by atoms with Crippen LogP contribution in [0, 0.1) is 0 Å². The number of unbranched alkanes of at least 4 members (excludes halogenated alkanes) is 1. The highest BCUT2D eigenvalue weighted by atomic mass is 16.4. The number of hydrogen-bond donors (Lipinski definition) is 3. The topological polar surface area (TPSA) is 69.6 Å².